The van der Waals surface area contributed by atoms with Crippen LogP contribution in [0, 0.1) is 13.8 Å². The van der Waals surface area contributed by atoms with Crippen molar-refractivity contribution in [1.29, 1.82) is 0 Å². The summed E-state index contributed by atoms with van der Waals surface area (Å²) in [5.74, 6) is -1.08. The van der Waals surface area contributed by atoms with Gasteiger partial charge in [0.15, 0.2) is 0 Å². The van der Waals surface area contributed by atoms with Gasteiger partial charge in [0.2, 0.25) is 5.88 Å². The minimum Gasteiger partial charge on any atom is -0.481 e. The molecule has 2 atom stereocenters. The zero-order chi connectivity index (χ0) is 28.6. The number of aryl methyl sites for hydroxylation is 3. The number of benzene rings is 2. The van der Waals surface area contributed by atoms with E-state index in [9.17, 15) is 19.0 Å². The molecule has 10 nitrogen and oxygen atoms in total. The average molecular weight is 566 g/mol. The summed E-state index contributed by atoms with van der Waals surface area (Å²) in [5.41, 5.74) is 6.15. The molecule has 0 radical (unpaired) electrons. The lowest BCUT2D eigenvalue weighted by Crippen LogP contribution is -2.34. The second-order valence-corrected chi connectivity index (χ2v) is 12.2. The minimum absolute atomic E-state index is 0.0968. The van der Waals surface area contributed by atoms with Crippen LogP contribution in [0.15, 0.2) is 53.6 Å². The number of aromatic nitrogens is 4. The van der Waals surface area contributed by atoms with E-state index in [-0.39, 0.29) is 29.8 Å². The summed E-state index contributed by atoms with van der Waals surface area (Å²) >= 11 is 0. The Kier molecular flexibility index (Phi) is 7.83. The topological polar surface area (TPSA) is 134 Å². The van der Waals surface area contributed by atoms with Crippen LogP contribution in [0.5, 0.6) is 5.88 Å². The molecule has 0 saturated carbocycles. The summed E-state index contributed by atoms with van der Waals surface area (Å²) in [6.45, 7) is 9.16. The Hall–Kier alpha value is -3.51. The zero-order valence-corrected chi connectivity index (χ0v) is 23.9. The van der Waals surface area contributed by atoms with Crippen molar-refractivity contribution in [1.82, 2.24) is 24.3 Å². The van der Waals surface area contributed by atoms with E-state index < -0.39 is 22.7 Å². The number of carboxylic acids is 1. The molecule has 0 bridgehead atoms. The third kappa shape index (κ3) is 5.17. The third-order valence-corrected chi connectivity index (χ3v) is 9.59. The van der Waals surface area contributed by atoms with Gasteiger partial charge in [-0.05, 0) is 73.2 Å². The number of ether oxygens (including phenoxy) is 1. The van der Waals surface area contributed by atoms with Crippen molar-refractivity contribution in [3.05, 3.63) is 76.5 Å². The molecular formula is C29H35N5O5S. The summed E-state index contributed by atoms with van der Waals surface area (Å²) < 4.78 is 32.4. The van der Waals surface area contributed by atoms with E-state index in [0.29, 0.717) is 19.5 Å². The first-order valence-corrected chi connectivity index (χ1v) is 14.9. The molecule has 0 aliphatic carbocycles. The second kappa shape index (κ2) is 11.2. The minimum atomic E-state index is -3.38. The number of pyridine rings is 1. The van der Waals surface area contributed by atoms with Crippen molar-refractivity contribution in [2.75, 3.05) is 6.54 Å². The fourth-order valence-electron chi connectivity index (χ4n) is 5.35. The lowest BCUT2D eigenvalue weighted by Gasteiger charge is -2.41. The number of carbonyl (C=O) groups is 1. The molecule has 0 spiro atoms. The van der Waals surface area contributed by atoms with E-state index in [1.807, 2.05) is 62.7 Å². The lowest BCUT2D eigenvalue weighted by molar-refractivity contribution is -0.137. The Morgan fingerprint density at radius 3 is 2.70 bits per heavy atom. The van der Waals surface area contributed by atoms with Crippen LogP contribution in [0.4, 0.5) is 0 Å². The Morgan fingerprint density at radius 2 is 1.98 bits per heavy atom. The summed E-state index contributed by atoms with van der Waals surface area (Å²) in [6.07, 6.45) is 1.89. The van der Waals surface area contributed by atoms with Gasteiger partial charge in [0.1, 0.15) is 16.5 Å². The number of nitrogens with zero attached hydrogens (tertiary/aromatic N) is 5. The molecule has 0 amide bonds. The molecule has 5 rings (SSSR count). The fraction of sp³-hybridized carbons (Fsp3) is 0.379. The highest BCUT2D eigenvalue weighted by molar-refractivity contribution is 8.22. The molecule has 3 N–H and O–H groups in total. The average Bonchev–Trinajstić information content (AvgIpc) is 3.32. The van der Waals surface area contributed by atoms with Crippen LogP contribution in [0.3, 0.4) is 0 Å². The summed E-state index contributed by atoms with van der Waals surface area (Å²) in [5, 5.41) is 18.5. The Morgan fingerprint density at radius 1 is 1.18 bits per heavy atom. The van der Waals surface area contributed by atoms with Gasteiger partial charge >= 0.3 is 5.97 Å². The maximum atomic E-state index is 12.0. The van der Waals surface area contributed by atoms with Crippen molar-refractivity contribution >= 4 is 27.8 Å². The first-order chi connectivity index (χ1) is 19.1. The van der Waals surface area contributed by atoms with Gasteiger partial charge in [0.25, 0.3) is 0 Å². The number of hydrogen-bond acceptors (Lipinski definition) is 8. The molecule has 0 saturated heterocycles. The van der Waals surface area contributed by atoms with Crippen LogP contribution in [-0.4, -0.2) is 57.1 Å². The highest BCUT2D eigenvalue weighted by Gasteiger charge is 2.35. The van der Waals surface area contributed by atoms with Crippen molar-refractivity contribution in [3.8, 4) is 5.88 Å². The van der Waals surface area contributed by atoms with E-state index in [2.05, 4.69) is 15.3 Å². The van der Waals surface area contributed by atoms with Gasteiger partial charge in [-0.15, -0.1) is 15.9 Å². The first-order valence-electron chi connectivity index (χ1n) is 13.4. The largest absolute Gasteiger partial charge is 0.481 e. The Balaban J connectivity index is 1.55. The van der Waals surface area contributed by atoms with Crippen molar-refractivity contribution < 1.29 is 23.7 Å². The SMILES string of the molecule is CC[C@@H]1CN(Cc2cc([C@@H](CC(=O)O)c3ccc4c(nnn4CC)c3C)ccc2C)S(O)(O)c2cccnc2O1. The quantitative estimate of drug-likeness (QED) is 0.243. The molecule has 2 aromatic heterocycles. The molecular weight excluding hydrogens is 530 g/mol. The molecule has 40 heavy (non-hydrogen) atoms. The van der Waals surface area contributed by atoms with Crippen LogP contribution in [0.1, 0.15) is 60.4 Å². The predicted octanol–water partition coefficient (Wildman–Crippen LogP) is 5.77. The van der Waals surface area contributed by atoms with Gasteiger partial charge < -0.3 is 9.84 Å². The number of hydrogen-bond donors (Lipinski definition) is 3. The Labute approximate surface area is 235 Å². The smallest absolute Gasteiger partial charge is 0.304 e. The zero-order valence-electron chi connectivity index (χ0n) is 23.1. The van der Waals surface area contributed by atoms with Gasteiger partial charge in [0.05, 0.1) is 18.5 Å². The number of rotatable bonds is 8. The standard InChI is InChI=1S/C29H35N5O5S/c1-5-22-17-33(40(37,38)26-8-7-13-30-29(26)39-22)16-21-14-20(10-9-18(21)3)24(15-27(35)36)23-11-12-25-28(19(23)4)31-32-34(25)6-2/h7-14,22,24,37-38H,5-6,15-17H2,1-4H3,(H,35,36)/t22-,24-/m1/s1. The molecule has 1 aliphatic rings. The van der Waals surface area contributed by atoms with E-state index >= 15 is 0 Å². The van der Waals surface area contributed by atoms with Gasteiger partial charge in [-0.1, -0.05) is 36.4 Å². The van der Waals surface area contributed by atoms with Gasteiger partial charge in [0, 0.05) is 25.2 Å². The number of carboxylic acid groups (broad SMARTS) is 1. The predicted molar refractivity (Wildman–Crippen MR) is 154 cm³/mol. The van der Waals surface area contributed by atoms with Crippen LogP contribution in [-0.2, 0) is 17.9 Å². The van der Waals surface area contributed by atoms with E-state index in [4.69, 9.17) is 4.74 Å². The van der Waals surface area contributed by atoms with Crippen molar-refractivity contribution in [2.24, 2.45) is 0 Å². The summed E-state index contributed by atoms with van der Waals surface area (Å²) in [7, 11) is -3.38. The van der Waals surface area contributed by atoms with E-state index in [0.717, 1.165) is 38.9 Å². The second-order valence-electron chi connectivity index (χ2n) is 10.2. The van der Waals surface area contributed by atoms with Crippen molar-refractivity contribution in [3.63, 3.8) is 0 Å². The van der Waals surface area contributed by atoms with Crippen molar-refractivity contribution in [2.45, 2.75) is 70.5 Å². The highest BCUT2D eigenvalue weighted by atomic mass is 32.3. The first kappa shape index (κ1) is 28.0. The molecule has 11 heteroatoms. The molecule has 2 aromatic carbocycles. The maximum Gasteiger partial charge on any atom is 0.304 e. The molecule has 0 fully saturated rings. The van der Waals surface area contributed by atoms with Crippen LogP contribution in [0.25, 0.3) is 11.0 Å². The molecule has 1 aliphatic heterocycles. The molecule has 3 heterocycles. The maximum absolute atomic E-state index is 12.0. The summed E-state index contributed by atoms with van der Waals surface area (Å²) in [4.78, 5) is 16.6. The number of fused-ring (bicyclic) bond motifs is 2. The van der Waals surface area contributed by atoms with Crippen LogP contribution < -0.4 is 4.74 Å². The van der Waals surface area contributed by atoms with Gasteiger partial charge in [-0.3, -0.25) is 13.9 Å². The van der Waals surface area contributed by atoms with Crippen LogP contribution in [0.2, 0.25) is 0 Å². The lowest BCUT2D eigenvalue weighted by atomic mass is 9.84. The molecule has 0 unspecified atom stereocenters. The highest BCUT2D eigenvalue weighted by Crippen LogP contribution is 2.57. The third-order valence-electron chi connectivity index (χ3n) is 7.69. The van der Waals surface area contributed by atoms with E-state index in [1.165, 1.54) is 0 Å². The fourth-order valence-corrected chi connectivity index (χ4v) is 6.92. The van der Waals surface area contributed by atoms with Crippen LogP contribution >= 0.6 is 10.8 Å². The van der Waals surface area contributed by atoms with E-state index in [1.54, 1.807) is 22.6 Å². The van der Waals surface area contributed by atoms with Gasteiger partial charge in [-0.2, -0.15) is 4.31 Å². The Bertz CT molecular complexity index is 1560. The molecule has 212 valence electrons. The summed E-state index contributed by atoms with van der Waals surface area (Å²) in [6, 6.07) is 13.1. The monoisotopic (exact) mass is 565 g/mol. The molecule has 4 aromatic rings. The normalized spacial score (nSPS) is 18.5. The van der Waals surface area contributed by atoms with Gasteiger partial charge in [-0.25, -0.2) is 9.67 Å². The number of aliphatic carboxylic acids is 1.